The summed E-state index contributed by atoms with van der Waals surface area (Å²) in [6, 6.07) is 12.8. The second kappa shape index (κ2) is 22.7. The van der Waals surface area contributed by atoms with Gasteiger partial charge in [-0.15, -0.1) is 0 Å². The number of anilines is 1. The van der Waals surface area contributed by atoms with Gasteiger partial charge in [0.25, 0.3) is 0 Å². The van der Waals surface area contributed by atoms with E-state index < -0.39 is 7.82 Å². The second-order valence-corrected chi connectivity index (χ2v) is 13.5. The third-order valence-corrected chi connectivity index (χ3v) is 9.51. The zero-order chi connectivity index (χ0) is 28.7. The smallest absolute Gasteiger partial charge is 0.366 e. The van der Waals surface area contributed by atoms with Gasteiger partial charge in [-0.1, -0.05) is 135 Å². The Balaban J connectivity index is 0.000000281. The molecule has 1 aromatic rings. The molecule has 0 heterocycles. The molecule has 0 amide bonds. The minimum atomic E-state index is -3.82. The van der Waals surface area contributed by atoms with Gasteiger partial charge >= 0.3 is 7.82 Å². The highest BCUT2D eigenvalue weighted by atomic mass is 31.2. The van der Waals surface area contributed by atoms with Crippen molar-refractivity contribution < 1.29 is 18.5 Å². The quantitative estimate of drug-likeness (QED) is 0.130. The monoisotopic (exact) mass is 579 g/mol. The second-order valence-electron chi connectivity index (χ2n) is 12.0. The first-order valence-corrected chi connectivity index (χ1v) is 18.5. The zero-order valence-electron chi connectivity index (χ0n) is 26.1. The molecule has 0 unspecified atom stereocenters. The van der Waals surface area contributed by atoms with E-state index in [2.05, 4.69) is 49.1 Å². The largest absolute Gasteiger partial charge is 0.472 e. The molecular weight excluding hydrogens is 517 g/mol. The van der Waals surface area contributed by atoms with E-state index in [0.717, 1.165) is 37.8 Å². The van der Waals surface area contributed by atoms with Crippen LogP contribution in [0.25, 0.3) is 0 Å². The molecule has 0 radical (unpaired) electrons. The van der Waals surface area contributed by atoms with Crippen LogP contribution in [0.3, 0.4) is 0 Å². The number of benzene rings is 1. The first kappa shape index (κ1) is 35.3. The summed E-state index contributed by atoms with van der Waals surface area (Å²) in [5.74, 6) is 0. The van der Waals surface area contributed by atoms with Crippen molar-refractivity contribution in [2.45, 2.75) is 167 Å². The van der Waals surface area contributed by atoms with Crippen molar-refractivity contribution in [1.82, 2.24) is 0 Å². The highest BCUT2D eigenvalue weighted by molar-refractivity contribution is 7.47. The molecule has 2 fully saturated rings. The average molecular weight is 580 g/mol. The lowest BCUT2D eigenvalue weighted by Crippen LogP contribution is -2.45. The van der Waals surface area contributed by atoms with Crippen LogP contribution in [0, 0.1) is 0 Å². The van der Waals surface area contributed by atoms with Crippen molar-refractivity contribution in [2.75, 3.05) is 18.1 Å². The van der Waals surface area contributed by atoms with Gasteiger partial charge in [-0.05, 0) is 50.7 Å². The molecule has 2 saturated carbocycles. The summed E-state index contributed by atoms with van der Waals surface area (Å²) in [5, 5.41) is 0. The Morgan fingerprint density at radius 2 is 1.05 bits per heavy atom. The molecule has 5 nitrogen and oxygen atoms in total. The van der Waals surface area contributed by atoms with Crippen molar-refractivity contribution in [3.05, 3.63) is 30.3 Å². The van der Waals surface area contributed by atoms with E-state index >= 15 is 0 Å². The Morgan fingerprint density at radius 1 is 0.650 bits per heavy atom. The SMILES string of the molecule is CCCCCCCCOP(=O)(O)OCCCCCCCC.c1ccc(N(C2CCCCC2)C2CCCCC2)cc1. The first-order chi connectivity index (χ1) is 19.6. The van der Waals surface area contributed by atoms with E-state index in [4.69, 9.17) is 9.05 Å². The number of phosphoric ester groups is 1. The summed E-state index contributed by atoms with van der Waals surface area (Å²) in [4.78, 5) is 12.3. The van der Waals surface area contributed by atoms with Crippen LogP contribution in [-0.2, 0) is 13.6 Å². The molecule has 2 aliphatic rings. The third kappa shape index (κ3) is 15.9. The Bertz CT molecular complexity index is 710. The minimum absolute atomic E-state index is 0.316. The molecule has 0 saturated heterocycles. The summed E-state index contributed by atoms with van der Waals surface area (Å²) in [7, 11) is -3.82. The normalized spacial score (nSPS) is 16.9. The van der Waals surface area contributed by atoms with Crippen molar-refractivity contribution >= 4 is 13.5 Å². The summed E-state index contributed by atoms with van der Waals surface area (Å²) in [5.41, 5.74) is 1.47. The number of phosphoric acid groups is 1. The molecule has 3 rings (SSSR count). The van der Waals surface area contributed by atoms with E-state index in [-0.39, 0.29) is 0 Å². The fourth-order valence-corrected chi connectivity index (χ4v) is 6.99. The van der Waals surface area contributed by atoms with Crippen LogP contribution in [0.5, 0.6) is 0 Å². The van der Waals surface area contributed by atoms with Crippen LogP contribution in [0.1, 0.15) is 155 Å². The maximum atomic E-state index is 11.6. The van der Waals surface area contributed by atoms with Crippen molar-refractivity contribution in [3.63, 3.8) is 0 Å². The molecule has 0 spiro atoms. The van der Waals surface area contributed by atoms with Gasteiger partial charge in [0.15, 0.2) is 0 Å². The van der Waals surface area contributed by atoms with E-state index in [9.17, 15) is 9.46 Å². The van der Waals surface area contributed by atoms with Crippen molar-refractivity contribution in [2.24, 2.45) is 0 Å². The molecule has 40 heavy (non-hydrogen) atoms. The molecule has 0 bridgehead atoms. The van der Waals surface area contributed by atoms with E-state index in [1.54, 1.807) is 0 Å². The molecule has 6 heteroatoms. The van der Waals surface area contributed by atoms with E-state index in [1.807, 2.05) is 0 Å². The van der Waals surface area contributed by atoms with Crippen LogP contribution < -0.4 is 4.90 Å². The summed E-state index contributed by atoms with van der Waals surface area (Å²) >= 11 is 0. The molecule has 0 atom stereocenters. The highest BCUT2D eigenvalue weighted by Gasteiger charge is 2.28. The Morgan fingerprint density at radius 3 is 1.48 bits per heavy atom. The molecule has 1 N–H and O–H groups in total. The van der Waals surface area contributed by atoms with Gasteiger partial charge in [0, 0.05) is 17.8 Å². The first-order valence-electron chi connectivity index (χ1n) is 17.0. The van der Waals surface area contributed by atoms with Gasteiger partial charge in [-0.3, -0.25) is 9.05 Å². The molecule has 0 aromatic heterocycles. The Hall–Kier alpha value is -0.870. The predicted octanol–water partition coefficient (Wildman–Crippen LogP) is 11.0. The lowest BCUT2D eigenvalue weighted by Gasteiger charge is -2.43. The van der Waals surface area contributed by atoms with Crippen LogP contribution in [0.2, 0.25) is 0 Å². The maximum Gasteiger partial charge on any atom is 0.472 e. The number of unbranched alkanes of at least 4 members (excludes halogenated alkanes) is 10. The molecule has 0 aliphatic heterocycles. The van der Waals surface area contributed by atoms with Gasteiger partial charge < -0.3 is 9.79 Å². The summed E-state index contributed by atoms with van der Waals surface area (Å²) < 4.78 is 21.5. The van der Waals surface area contributed by atoms with Gasteiger partial charge in [0.05, 0.1) is 13.2 Å². The lowest BCUT2D eigenvalue weighted by atomic mass is 9.88. The third-order valence-electron chi connectivity index (χ3n) is 8.50. The number of hydrogen-bond acceptors (Lipinski definition) is 4. The molecule has 2 aliphatic carbocycles. The Kier molecular flexibility index (Phi) is 20.0. The fraction of sp³-hybridized carbons (Fsp3) is 0.824. The standard InChI is InChI=1S/C18H27N.C16H35O4P/c1-4-10-16(11-5-1)19(17-12-6-2-7-13-17)18-14-8-3-9-15-18;1-3-5-7-9-11-13-15-19-21(17,18)20-16-14-12-10-8-6-4-2/h1,4-5,10-11,17-18H,2-3,6-9,12-15H2;3-16H2,1-2H3,(H,17,18). The van der Waals surface area contributed by atoms with Gasteiger partial charge in [-0.25, -0.2) is 4.57 Å². The van der Waals surface area contributed by atoms with Gasteiger partial charge in [0.1, 0.15) is 0 Å². The van der Waals surface area contributed by atoms with Gasteiger partial charge in [-0.2, -0.15) is 0 Å². The van der Waals surface area contributed by atoms with Crippen LogP contribution >= 0.6 is 7.82 Å². The number of para-hydroxylation sites is 1. The van der Waals surface area contributed by atoms with E-state index in [0.29, 0.717) is 13.2 Å². The highest BCUT2D eigenvalue weighted by Crippen LogP contribution is 2.43. The molecular formula is C34H62NO4P. The van der Waals surface area contributed by atoms with E-state index in [1.165, 1.54) is 121 Å². The number of hydrogen-bond donors (Lipinski definition) is 1. The average Bonchev–Trinajstić information content (AvgIpc) is 2.98. The number of nitrogens with zero attached hydrogens (tertiary/aromatic N) is 1. The summed E-state index contributed by atoms with van der Waals surface area (Å²) in [6.45, 7) is 5.01. The summed E-state index contributed by atoms with van der Waals surface area (Å²) in [6.07, 6.45) is 27.8. The zero-order valence-corrected chi connectivity index (χ0v) is 27.0. The minimum Gasteiger partial charge on any atom is -0.366 e. The van der Waals surface area contributed by atoms with Gasteiger partial charge in [0.2, 0.25) is 0 Å². The molecule has 1 aromatic carbocycles. The van der Waals surface area contributed by atoms with Crippen LogP contribution in [0.15, 0.2) is 30.3 Å². The fourth-order valence-electron chi connectivity index (χ4n) is 6.20. The Labute approximate surface area is 247 Å². The van der Waals surface area contributed by atoms with Crippen molar-refractivity contribution in [3.8, 4) is 0 Å². The van der Waals surface area contributed by atoms with Crippen molar-refractivity contribution in [1.29, 1.82) is 0 Å². The maximum absolute atomic E-state index is 11.6. The topological polar surface area (TPSA) is 59.0 Å². The van der Waals surface area contributed by atoms with Crippen LogP contribution in [0.4, 0.5) is 5.69 Å². The number of rotatable bonds is 19. The lowest BCUT2D eigenvalue weighted by molar-refractivity contribution is 0.145. The predicted molar refractivity (Wildman–Crippen MR) is 171 cm³/mol. The van der Waals surface area contributed by atoms with Crippen LogP contribution in [-0.4, -0.2) is 30.2 Å². The molecule has 232 valence electrons.